The van der Waals surface area contributed by atoms with Crippen molar-refractivity contribution in [1.82, 2.24) is 0 Å². The van der Waals surface area contributed by atoms with Crippen molar-refractivity contribution >= 4 is 5.97 Å². The minimum atomic E-state index is -1.13. The highest BCUT2D eigenvalue weighted by molar-refractivity contribution is 5.84. The first-order valence-electron chi connectivity index (χ1n) is 4.27. The van der Waals surface area contributed by atoms with Gasteiger partial charge in [-0.05, 0) is 25.0 Å². The smallest absolute Gasteiger partial charge is 0.371 e. The largest absolute Gasteiger partial charge is 0.475 e. The lowest BCUT2D eigenvalue weighted by atomic mass is 10.1. The average Bonchev–Trinajstić information content (AvgIpc) is 2.62. The first-order chi connectivity index (χ1) is 6.65. The van der Waals surface area contributed by atoms with Crippen LogP contribution in [0.15, 0.2) is 29.2 Å². The van der Waals surface area contributed by atoms with E-state index in [2.05, 4.69) is 6.58 Å². The fourth-order valence-corrected chi connectivity index (χ4v) is 1.06. The van der Waals surface area contributed by atoms with Crippen molar-refractivity contribution in [1.29, 1.82) is 0 Å². The summed E-state index contributed by atoms with van der Waals surface area (Å²) in [6, 6.07) is 2.80. The van der Waals surface area contributed by atoms with Gasteiger partial charge in [-0.2, -0.15) is 0 Å². The zero-order valence-corrected chi connectivity index (χ0v) is 7.64. The summed E-state index contributed by atoms with van der Waals surface area (Å²) in [5, 5.41) is 18.1. The Morgan fingerprint density at radius 2 is 2.36 bits per heavy atom. The third kappa shape index (κ3) is 2.47. The predicted molar refractivity (Wildman–Crippen MR) is 50.1 cm³/mol. The van der Waals surface area contributed by atoms with Crippen LogP contribution in [0.1, 0.15) is 35.3 Å². The molecule has 1 unspecified atom stereocenters. The van der Waals surface area contributed by atoms with Crippen LogP contribution in [-0.2, 0) is 0 Å². The molecule has 0 radical (unpaired) electrons. The van der Waals surface area contributed by atoms with Crippen LogP contribution in [0.2, 0.25) is 0 Å². The zero-order chi connectivity index (χ0) is 10.6. The van der Waals surface area contributed by atoms with Crippen LogP contribution in [0.5, 0.6) is 0 Å². The Hall–Kier alpha value is -1.55. The van der Waals surface area contributed by atoms with Gasteiger partial charge in [0.15, 0.2) is 0 Å². The number of allylic oxidation sites excluding steroid dienone is 1. The van der Waals surface area contributed by atoms with E-state index in [1.165, 1.54) is 12.1 Å². The second-order valence-electron chi connectivity index (χ2n) is 2.89. The van der Waals surface area contributed by atoms with Gasteiger partial charge in [-0.3, -0.25) is 0 Å². The minimum absolute atomic E-state index is 0.155. The van der Waals surface area contributed by atoms with E-state index in [0.29, 0.717) is 12.8 Å². The molecule has 14 heavy (non-hydrogen) atoms. The van der Waals surface area contributed by atoms with E-state index < -0.39 is 12.1 Å². The average molecular weight is 196 g/mol. The molecule has 4 nitrogen and oxygen atoms in total. The van der Waals surface area contributed by atoms with Crippen molar-refractivity contribution in [3.8, 4) is 0 Å². The quantitative estimate of drug-likeness (QED) is 0.706. The lowest BCUT2D eigenvalue weighted by Gasteiger charge is -2.04. The van der Waals surface area contributed by atoms with Gasteiger partial charge in [0.25, 0.3) is 0 Å². The molecule has 0 amide bonds. The van der Waals surface area contributed by atoms with Crippen molar-refractivity contribution < 1.29 is 19.4 Å². The Morgan fingerprint density at radius 1 is 1.64 bits per heavy atom. The second kappa shape index (κ2) is 4.62. The van der Waals surface area contributed by atoms with Gasteiger partial charge in [-0.1, -0.05) is 6.08 Å². The van der Waals surface area contributed by atoms with E-state index in [-0.39, 0.29) is 11.5 Å². The molecule has 76 valence electrons. The number of carboxylic acid groups (broad SMARTS) is 1. The monoisotopic (exact) mass is 196 g/mol. The normalized spacial score (nSPS) is 12.4. The van der Waals surface area contributed by atoms with Gasteiger partial charge >= 0.3 is 5.97 Å². The molecular formula is C10H12O4. The minimum Gasteiger partial charge on any atom is -0.475 e. The Bertz CT molecular complexity index is 327. The van der Waals surface area contributed by atoms with Gasteiger partial charge in [0.05, 0.1) is 0 Å². The fourth-order valence-electron chi connectivity index (χ4n) is 1.06. The molecule has 0 bridgehead atoms. The molecule has 4 heteroatoms. The maximum absolute atomic E-state index is 10.5. The third-order valence-corrected chi connectivity index (χ3v) is 1.81. The fraction of sp³-hybridized carbons (Fsp3) is 0.300. The summed E-state index contributed by atoms with van der Waals surface area (Å²) in [6.07, 6.45) is 2.06. The number of hydrogen-bond donors (Lipinski definition) is 2. The van der Waals surface area contributed by atoms with E-state index >= 15 is 0 Å². The molecule has 0 fully saturated rings. The molecule has 1 atom stereocenters. The third-order valence-electron chi connectivity index (χ3n) is 1.81. The lowest BCUT2D eigenvalue weighted by Crippen LogP contribution is -1.95. The molecule has 0 aromatic carbocycles. The van der Waals surface area contributed by atoms with Crippen molar-refractivity contribution in [2.45, 2.75) is 18.9 Å². The van der Waals surface area contributed by atoms with Crippen molar-refractivity contribution in [2.24, 2.45) is 0 Å². The Labute approximate surface area is 81.5 Å². The van der Waals surface area contributed by atoms with Gasteiger partial charge in [0.1, 0.15) is 11.9 Å². The SMILES string of the molecule is C=CCCC(O)c1ccc(C(=O)O)o1. The van der Waals surface area contributed by atoms with Gasteiger partial charge in [0.2, 0.25) is 5.76 Å². The van der Waals surface area contributed by atoms with E-state index in [4.69, 9.17) is 9.52 Å². The molecule has 0 spiro atoms. The Balaban J connectivity index is 2.66. The first-order valence-corrected chi connectivity index (χ1v) is 4.27. The molecule has 0 aliphatic carbocycles. The van der Waals surface area contributed by atoms with Gasteiger partial charge < -0.3 is 14.6 Å². The topological polar surface area (TPSA) is 70.7 Å². The number of hydrogen-bond acceptors (Lipinski definition) is 3. The number of rotatable bonds is 5. The summed E-state index contributed by atoms with van der Waals surface area (Å²) in [4.78, 5) is 10.5. The summed E-state index contributed by atoms with van der Waals surface area (Å²) < 4.78 is 4.92. The number of furan rings is 1. The Morgan fingerprint density at radius 3 is 2.86 bits per heavy atom. The molecule has 1 aromatic rings. The van der Waals surface area contributed by atoms with Gasteiger partial charge in [-0.15, -0.1) is 6.58 Å². The van der Waals surface area contributed by atoms with Crippen LogP contribution >= 0.6 is 0 Å². The van der Waals surface area contributed by atoms with E-state index in [9.17, 15) is 9.90 Å². The number of aromatic carboxylic acids is 1. The van der Waals surface area contributed by atoms with Crippen LogP contribution in [0.3, 0.4) is 0 Å². The number of aliphatic hydroxyl groups is 1. The van der Waals surface area contributed by atoms with Crippen LogP contribution in [0.25, 0.3) is 0 Å². The van der Waals surface area contributed by atoms with Gasteiger partial charge in [0, 0.05) is 0 Å². The van der Waals surface area contributed by atoms with E-state index in [0.717, 1.165) is 0 Å². The molecule has 1 rings (SSSR count). The van der Waals surface area contributed by atoms with Crippen molar-refractivity contribution in [3.63, 3.8) is 0 Å². The maximum atomic E-state index is 10.5. The molecule has 1 aromatic heterocycles. The maximum Gasteiger partial charge on any atom is 0.371 e. The van der Waals surface area contributed by atoms with Gasteiger partial charge in [-0.25, -0.2) is 4.79 Å². The summed E-state index contributed by atoms with van der Waals surface area (Å²) in [7, 11) is 0. The highest BCUT2D eigenvalue weighted by Gasteiger charge is 2.14. The van der Waals surface area contributed by atoms with E-state index in [1.807, 2.05) is 0 Å². The lowest BCUT2D eigenvalue weighted by molar-refractivity contribution is 0.0650. The number of aliphatic hydroxyl groups excluding tert-OH is 1. The molecule has 0 aliphatic heterocycles. The Kier molecular flexibility index (Phi) is 3.48. The van der Waals surface area contributed by atoms with Crippen LogP contribution in [0.4, 0.5) is 0 Å². The summed E-state index contributed by atoms with van der Waals surface area (Å²) in [6.45, 7) is 3.52. The molecule has 0 saturated carbocycles. The molecular weight excluding hydrogens is 184 g/mol. The number of carbonyl (C=O) groups is 1. The number of carboxylic acids is 1. The van der Waals surface area contributed by atoms with Crippen LogP contribution < -0.4 is 0 Å². The zero-order valence-electron chi connectivity index (χ0n) is 7.64. The summed E-state index contributed by atoms with van der Waals surface area (Å²) in [5.41, 5.74) is 0. The first kappa shape index (κ1) is 10.5. The van der Waals surface area contributed by atoms with E-state index in [1.54, 1.807) is 6.08 Å². The van der Waals surface area contributed by atoms with Crippen molar-refractivity contribution in [3.05, 3.63) is 36.3 Å². The molecule has 0 aliphatic rings. The highest BCUT2D eigenvalue weighted by atomic mass is 16.4. The molecule has 2 N–H and O–H groups in total. The van der Waals surface area contributed by atoms with Crippen molar-refractivity contribution in [2.75, 3.05) is 0 Å². The predicted octanol–water partition coefficient (Wildman–Crippen LogP) is 1.98. The molecule has 0 saturated heterocycles. The van der Waals surface area contributed by atoms with Crippen LogP contribution in [0, 0.1) is 0 Å². The summed E-state index contributed by atoms with van der Waals surface area (Å²) in [5.74, 6) is -1.01. The highest BCUT2D eigenvalue weighted by Crippen LogP contribution is 2.20. The summed E-state index contributed by atoms with van der Waals surface area (Å²) >= 11 is 0. The standard InChI is InChI=1S/C10H12O4/c1-2-3-4-7(11)8-5-6-9(14-8)10(12)13/h2,5-7,11H,1,3-4H2,(H,12,13). The second-order valence-corrected chi connectivity index (χ2v) is 2.89. The van der Waals surface area contributed by atoms with Crippen LogP contribution in [-0.4, -0.2) is 16.2 Å². The molecule has 1 heterocycles.